The second-order valence-corrected chi connectivity index (χ2v) is 7.41. The molecule has 0 bridgehead atoms. The Labute approximate surface area is 136 Å². The number of rotatable bonds is 3. The quantitative estimate of drug-likeness (QED) is 0.876. The number of nitrogens with one attached hydrogen (secondary N) is 1. The van der Waals surface area contributed by atoms with Gasteiger partial charge in [0.25, 0.3) is 0 Å². The normalized spacial score (nSPS) is 22.0. The molecule has 114 valence electrons. The minimum Gasteiger partial charge on any atom is -0.493 e. The fourth-order valence-corrected chi connectivity index (χ4v) is 5.43. The highest BCUT2D eigenvalue weighted by molar-refractivity contribution is 7.99. The molecule has 6 heteroatoms. The number of ether oxygens (including phenoxy) is 2. The van der Waals surface area contributed by atoms with Crippen LogP contribution in [0.3, 0.4) is 0 Å². The van der Waals surface area contributed by atoms with Gasteiger partial charge in [-0.15, -0.1) is 11.8 Å². The fraction of sp³-hybridized carbons (Fsp3) is 0.312. The van der Waals surface area contributed by atoms with E-state index < -0.39 is 0 Å². The van der Waals surface area contributed by atoms with Crippen LogP contribution in [0.5, 0.6) is 11.5 Å². The fourth-order valence-electron chi connectivity index (χ4n) is 3.02. The second-order valence-electron chi connectivity index (χ2n) is 5.37. The average Bonchev–Trinajstić information content (AvgIpc) is 2.92. The molecule has 2 aromatic rings. The van der Waals surface area contributed by atoms with Crippen LogP contribution < -0.4 is 14.3 Å². The molecule has 1 aromatic carbocycles. The molecule has 22 heavy (non-hydrogen) atoms. The summed E-state index contributed by atoms with van der Waals surface area (Å²) in [6, 6.07) is 5.96. The van der Waals surface area contributed by atoms with Gasteiger partial charge in [0.05, 0.1) is 11.6 Å². The van der Waals surface area contributed by atoms with Crippen molar-refractivity contribution in [3.63, 3.8) is 0 Å². The van der Waals surface area contributed by atoms with Gasteiger partial charge in [-0.2, -0.15) is 0 Å². The summed E-state index contributed by atoms with van der Waals surface area (Å²) in [7, 11) is 0. The summed E-state index contributed by atoms with van der Waals surface area (Å²) in [5, 5.41) is 1.02. The van der Waals surface area contributed by atoms with Gasteiger partial charge in [0.1, 0.15) is 18.1 Å². The van der Waals surface area contributed by atoms with Gasteiger partial charge in [-0.3, -0.25) is 4.79 Å². The van der Waals surface area contributed by atoms with E-state index in [2.05, 4.69) is 17.6 Å². The van der Waals surface area contributed by atoms with Crippen LogP contribution in [0.15, 0.2) is 40.7 Å². The van der Waals surface area contributed by atoms with Gasteiger partial charge in [-0.25, -0.2) is 0 Å². The Morgan fingerprint density at radius 3 is 3.27 bits per heavy atom. The first kappa shape index (κ1) is 14.0. The van der Waals surface area contributed by atoms with Gasteiger partial charge >= 0.3 is 4.87 Å². The van der Waals surface area contributed by atoms with Gasteiger partial charge in [-0.1, -0.05) is 30.1 Å². The van der Waals surface area contributed by atoms with Gasteiger partial charge in [0.2, 0.25) is 0 Å². The van der Waals surface area contributed by atoms with E-state index in [4.69, 9.17) is 9.47 Å². The summed E-state index contributed by atoms with van der Waals surface area (Å²) in [5.41, 5.74) is 1.15. The van der Waals surface area contributed by atoms with Crippen LogP contribution in [-0.2, 0) is 0 Å². The molecule has 0 fully saturated rings. The van der Waals surface area contributed by atoms with E-state index in [0.717, 1.165) is 32.7 Å². The van der Waals surface area contributed by atoms with E-state index in [0.29, 0.717) is 19.1 Å². The number of aromatic nitrogens is 1. The Balaban J connectivity index is 1.76. The second kappa shape index (κ2) is 5.52. The molecule has 1 aromatic heterocycles. The summed E-state index contributed by atoms with van der Waals surface area (Å²) in [6.07, 6.45) is 1.72. The topological polar surface area (TPSA) is 51.3 Å². The van der Waals surface area contributed by atoms with E-state index in [1.165, 1.54) is 11.3 Å². The Kier molecular flexibility index (Phi) is 3.50. The van der Waals surface area contributed by atoms with E-state index in [1.807, 2.05) is 12.1 Å². The maximum absolute atomic E-state index is 11.7. The summed E-state index contributed by atoms with van der Waals surface area (Å²) in [4.78, 5) is 15.8. The minimum absolute atomic E-state index is 0.0251. The van der Waals surface area contributed by atoms with Crippen LogP contribution in [0, 0.1) is 5.92 Å². The van der Waals surface area contributed by atoms with Gasteiger partial charge in [-0.05, 0) is 6.07 Å². The zero-order valence-electron chi connectivity index (χ0n) is 11.8. The van der Waals surface area contributed by atoms with Crippen LogP contribution in [0.25, 0.3) is 0 Å². The Bertz CT molecular complexity index is 780. The van der Waals surface area contributed by atoms with E-state index in [-0.39, 0.29) is 10.8 Å². The van der Waals surface area contributed by atoms with Gasteiger partial charge < -0.3 is 14.5 Å². The molecule has 0 saturated carbocycles. The smallest absolute Gasteiger partial charge is 0.305 e. The first-order valence-electron chi connectivity index (χ1n) is 7.12. The number of benzene rings is 1. The van der Waals surface area contributed by atoms with Crippen molar-refractivity contribution in [1.29, 1.82) is 0 Å². The highest BCUT2D eigenvalue weighted by Crippen LogP contribution is 2.50. The van der Waals surface area contributed by atoms with Crippen LogP contribution in [0.2, 0.25) is 0 Å². The molecule has 2 aliphatic heterocycles. The van der Waals surface area contributed by atoms with Crippen molar-refractivity contribution in [3.8, 4) is 11.5 Å². The van der Waals surface area contributed by atoms with Crippen molar-refractivity contribution in [1.82, 2.24) is 4.98 Å². The number of H-pyrrole nitrogens is 1. The third-order valence-corrected chi connectivity index (χ3v) is 6.28. The number of aromatic amines is 1. The number of thioether (sulfide) groups is 1. The summed E-state index contributed by atoms with van der Waals surface area (Å²) < 4.78 is 11.5. The number of hydrogen-bond donors (Lipinski definition) is 1. The molecular formula is C16H15NO3S2. The maximum Gasteiger partial charge on any atom is 0.305 e. The van der Waals surface area contributed by atoms with Crippen molar-refractivity contribution in [2.75, 3.05) is 19.0 Å². The van der Waals surface area contributed by atoms with E-state index in [9.17, 15) is 4.79 Å². The predicted molar refractivity (Wildman–Crippen MR) is 88.6 cm³/mol. The molecule has 4 rings (SSSR count). The Hall–Kier alpha value is -1.66. The van der Waals surface area contributed by atoms with Crippen molar-refractivity contribution >= 4 is 23.1 Å². The SMILES string of the molecule is C=CCOc1ccc2c(c1)OC[C@H]1CSc3[nH]c(=O)sc3[C@H]21. The molecule has 2 atom stereocenters. The first-order chi connectivity index (χ1) is 10.8. The van der Waals surface area contributed by atoms with Crippen molar-refractivity contribution in [3.05, 3.63) is 51.0 Å². The molecule has 2 aliphatic rings. The molecular weight excluding hydrogens is 318 g/mol. The largest absolute Gasteiger partial charge is 0.493 e. The van der Waals surface area contributed by atoms with Crippen LogP contribution in [0.4, 0.5) is 0 Å². The summed E-state index contributed by atoms with van der Waals surface area (Å²) in [5.74, 6) is 3.28. The van der Waals surface area contributed by atoms with Crippen LogP contribution in [0.1, 0.15) is 16.4 Å². The Morgan fingerprint density at radius 1 is 1.50 bits per heavy atom. The van der Waals surface area contributed by atoms with E-state index in [1.54, 1.807) is 17.8 Å². The van der Waals surface area contributed by atoms with Gasteiger partial charge in [0.15, 0.2) is 0 Å². The van der Waals surface area contributed by atoms with Crippen molar-refractivity contribution in [2.45, 2.75) is 10.9 Å². The summed E-state index contributed by atoms with van der Waals surface area (Å²) >= 11 is 3.05. The third-order valence-electron chi connectivity index (χ3n) is 3.98. The number of hydrogen-bond acceptors (Lipinski definition) is 5. The van der Waals surface area contributed by atoms with Crippen molar-refractivity contribution < 1.29 is 9.47 Å². The van der Waals surface area contributed by atoms with Crippen LogP contribution in [-0.4, -0.2) is 24.0 Å². The first-order valence-corrected chi connectivity index (χ1v) is 8.92. The lowest BCUT2D eigenvalue weighted by atomic mass is 9.84. The maximum atomic E-state index is 11.7. The van der Waals surface area contributed by atoms with Crippen molar-refractivity contribution in [2.24, 2.45) is 5.92 Å². The highest BCUT2D eigenvalue weighted by Gasteiger charge is 2.38. The molecule has 4 nitrogen and oxygen atoms in total. The molecule has 1 N–H and O–H groups in total. The Morgan fingerprint density at radius 2 is 2.41 bits per heavy atom. The number of fused-ring (bicyclic) bond motifs is 5. The van der Waals surface area contributed by atoms with Gasteiger partial charge in [0, 0.05) is 34.1 Å². The molecule has 0 amide bonds. The lowest BCUT2D eigenvalue weighted by Crippen LogP contribution is -2.30. The summed E-state index contributed by atoms with van der Waals surface area (Å²) in [6.45, 7) is 4.81. The predicted octanol–water partition coefficient (Wildman–Crippen LogP) is 3.25. The molecule has 0 radical (unpaired) electrons. The monoisotopic (exact) mass is 333 g/mol. The van der Waals surface area contributed by atoms with Crippen LogP contribution >= 0.6 is 23.1 Å². The molecule has 0 aliphatic carbocycles. The lowest BCUT2D eigenvalue weighted by molar-refractivity contribution is 0.218. The minimum atomic E-state index is 0.0251. The molecule has 0 spiro atoms. The molecule has 0 unspecified atom stereocenters. The molecule has 3 heterocycles. The highest BCUT2D eigenvalue weighted by atomic mass is 32.2. The average molecular weight is 333 g/mol. The molecule has 0 saturated heterocycles. The number of thiazole rings is 1. The zero-order valence-corrected chi connectivity index (χ0v) is 13.5. The standard InChI is InChI=1S/C16H15NO3S2/c1-2-5-19-10-3-4-11-12(6-10)20-7-9-8-21-15-14(13(9)11)22-16(18)17-15/h2-4,6,9,13H,1,5,7-8H2,(H,17,18)/t9-,13-/m0/s1. The lowest BCUT2D eigenvalue weighted by Gasteiger charge is -2.36. The van der Waals surface area contributed by atoms with E-state index >= 15 is 0 Å². The zero-order chi connectivity index (χ0) is 15.1. The third kappa shape index (κ3) is 2.27.